The van der Waals surface area contributed by atoms with Crippen LogP contribution in [0.2, 0.25) is 0 Å². The second-order valence-electron chi connectivity index (χ2n) is 4.29. The van der Waals surface area contributed by atoms with Crippen LogP contribution in [0.15, 0.2) is 40.6 Å². The molecule has 0 atom stereocenters. The van der Waals surface area contributed by atoms with E-state index in [0.29, 0.717) is 0 Å². The number of anilines is 1. The van der Waals surface area contributed by atoms with Crippen LogP contribution in [0.25, 0.3) is 21.6 Å². The Morgan fingerprint density at radius 3 is 2.65 bits per heavy atom. The van der Waals surface area contributed by atoms with Crippen molar-refractivity contribution in [1.82, 2.24) is 9.97 Å². The monoisotopic (exact) mass is 301 g/mol. The molecule has 3 rings (SSSR count). The molecule has 2 aromatic heterocycles. The quantitative estimate of drug-likeness (QED) is 0.719. The minimum Gasteiger partial charge on any atom is -0.370 e. The number of hydrogen-bond donors (Lipinski definition) is 1. The van der Waals surface area contributed by atoms with E-state index in [9.17, 15) is 0 Å². The van der Waals surface area contributed by atoms with Crippen LogP contribution in [0.1, 0.15) is 6.92 Å². The van der Waals surface area contributed by atoms with E-state index in [1.807, 2.05) is 0 Å². The highest BCUT2D eigenvalue weighted by Gasteiger charge is 2.09. The molecule has 0 radical (unpaired) electrons. The van der Waals surface area contributed by atoms with Gasteiger partial charge in [0.1, 0.15) is 10.6 Å². The number of aromatic nitrogens is 2. The van der Waals surface area contributed by atoms with Crippen LogP contribution in [-0.2, 0) is 0 Å². The van der Waals surface area contributed by atoms with Crippen LogP contribution >= 0.6 is 23.1 Å². The highest BCUT2D eigenvalue weighted by atomic mass is 32.2. The second kappa shape index (κ2) is 5.81. The van der Waals surface area contributed by atoms with E-state index >= 15 is 0 Å². The van der Waals surface area contributed by atoms with E-state index in [4.69, 9.17) is 0 Å². The molecular weight excluding hydrogens is 286 g/mol. The van der Waals surface area contributed by atoms with Gasteiger partial charge in [-0.1, -0.05) is 12.1 Å². The van der Waals surface area contributed by atoms with Crippen molar-refractivity contribution in [2.24, 2.45) is 0 Å². The largest absolute Gasteiger partial charge is 0.370 e. The predicted octanol–water partition coefficient (Wildman–Crippen LogP) is 4.51. The summed E-state index contributed by atoms with van der Waals surface area (Å²) in [7, 11) is 0. The molecule has 3 nitrogen and oxygen atoms in total. The van der Waals surface area contributed by atoms with Gasteiger partial charge in [0.2, 0.25) is 0 Å². The normalized spacial score (nSPS) is 10.9. The number of rotatable bonds is 4. The number of nitrogens with one attached hydrogen (secondary N) is 1. The summed E-state index contributed by atoms with van der Waals surface area (Å²) in [5, 5.41) is 6.48. The number of fused-ring (bicyclic) bond motifs is 1. The van der Waals surface area contributed by atoms with Crippen molar-refractivity contribution < 1.29 is 0 Å². The zero-order valence-electron chi connectivity index (χ0n) is 11.4. The summed E-state index contributed by atoms with van der Waals surface area (Å²) in [6.45, 7) is 2.93. The Hall–Kier alpha value is -1.59. The lowest BCUT2D eigenvalue weighted by atomic mass is 10.2. The summed E-state index contributed by atoms with van der Waals surface area (Å²) >= 11 is 3.39. The Balaban J connectivity index is 2.09. The molecule has 0 fully saturated rings. The molecule has 0 aliphatic rings. The third-order valence-electron chi connectivity index (χ3n) is 3.02. The van der Waals surface area contributed by atoms with Crippen LogP contribution < -0.4 is 5.32 Å². The first-order valence-electron chi connectivity index (χ1n) is 6.45. The smallest absolute Gasteiger partial charge is 0.163 e. The van der Waals surface area contributed by atoms with Gasteiger partial charge in [0.25, 0.3) is 0 Å². The van der Waals surface area contributed by atoms with Gasteiger partial charge in [-0.25, -0.2) is 9.97 Å². The average molecular weight is 301 g/mol. The highest BCUT2D eigenvalue weighted by Crippen LogP contribution is 2.29. The van der Waals surface area contributed by atoms with Gasteiger partial charge < -0.3 is 5.32 Å². The van der Waals surface area contributed by atoms with E-state index < -0.39 is 0 Å². The number of hydrogen-bond acceptors (Lipinski definition) is 5. The maximum atomic E-state index is 4.67. The molecule has 0 aliphatic carbocycles. The highest BCUT2D eigenvalue weighted by molar-refractivity contribution is 7.98. The molecule has 102 valence electrons. The van der Waals surface area contributed by atoms with Crippen molar-refractivity contribution in [2.75, 3.05) is 18.1 Å². The molecule has 0 bridgehead atoms. The van der Waals surface area contributed by atoms with Gasteiger partial charge in [0, 0.05) is 17.0 Å². The molecule has 20 heavy (non-hydrogen) atoms. The summed E-state index contributed by atoms with van der Waals surface area (Å²) in [6, 6.07) is 10.4. The van der Waals surface area contributed by atoms with Gasteiger partial charge >= 0.3 is 0 Å². The summed E-state index contributed by atoms with van der Waals surface area (Å²) in [5.41, 5.74) is 1.05. The van der Waals surface area contributed by atoms with Crippen LogP contribution in [0.3, 0.4) is 0 Å². The molecule has 2 heterocycles. The lowest BCUT2D eigenvalue weighted by Crippen LogP contribution is -2.01. The average Bonchev–Trinajstić information content (AvgIpc) is 2.96. The van der Waals surface area contributed by atoms with Crippen molar-refractivity contribution in [3.63, 3.8) is 0 Å². The van der Waals surface area contributed by atoms with E-state index in [0.717, 1.165) is 34.0 Å². The molecule has 1 N–H and O–H groups in total. The summed E-state index contributed by atoms with van der Waals surface area (Å²) in [4.78, 5) is 11.6. The Morgan fingerprint density at radius 2 is 1.95 bits per heavy atom. The van der Waals surface area contributed by atoms with Gasteiger partial charge in [-0.3, -0.25) is 0 Å². The number of thioether (sulfide) groups is 1. The fourth-order valence-corrected chi connectivity index (χ4v) is 3.20. The van der Waals surface area contributed by atoms with E-state index in [-0.39, 0.29) is 0 Å². The Morgan fingerprint density at radius 1 is 1.15 bits per heavy atom. The first-order chi connectivity index (χ1) is 9.81. The van der Waals surface area contributed by atoms with Crippen molar-refractivity contribution in [3.05, 3.63) is 35.7 Å². The topological polar surface area (TPSA) is 37.8 Å². The maximum absolute atomic E-state index is 4.67. The first kappa shape index (κ1) is 13.4. The number of nitrogens with zero attached hydrogens (tertiary/aromatic N) is 2. The predicted molar refractivity (Wildman–Crippen MR) is 88.8 cm³/mol. The molecule has 5 heteroatoms. The van der Waals surface area contributed by atoms with Gasteiger partial charge in [0.15, 0.2) is 5.82 Å². The van der Waals surface area contributed by atoms with E-state index in [1.54, 1.807) is 23.1 Å². The molecule has 0 amide bonds. The number of thiophene rings is 1. The SMILES string of the molecule is CCNc1nc(-c2ccc(SC)cc2)nc2sccc12. The standard InChI is InChI=1S/C15H15N3S2/c1-3-16-14-12-8-9-20-15(12)18-13(17-14)10-4-6-11(19-2)7-5-10/h4-9H,3H2,1-2H3,(H,16,17,18). The van der Waals surface area contributed by atoms with Crippen LogP contribution in [-0.4, -0.2) is 22.8 Å². The molecule has 0 aliphatic heterocycles. The van der Waals surface area contributed by atoms with E-state index in [1.165, 1.54) is 4.90 Å². The van der Waals surface area contributed by atoms with Crippen molar-refractivity contribution in [3.8, 4) is 11.4 Å². The van der Waals surface area contributed by atoms with Gasteiger partial charge in [-0.15, -0.1) is 23.1 Å². The van der Waals surface area contributed by atoms with Crippen molar-refractivity contribution in [2.45, 2.75) is 11.8 Å². The fraction of sp³-hybridized carbons (Fsp3) is 0.200. The molecule has 0 unspecified atom stereocenters. The summed E-state index contributed by atoms with van der Waals surface area (Å²) in [6.07, 6.45) is 2.08. The van der Waals surface area contributed by atoms with Crippen LogP contribution in [0, 0.1) is 0 Å². The zero-order chi connectivity index (χ0) is 13.9. The third kappa shape index (κ3) is 2.51. The number of benzene rings is 1. The first-order valence-corrected chi connectivity index (χ1v) is 8.56. The molecule has 0 saturated heterocycles. The summed E-state index contributed by atoms with van der Waals surface area (Å²) < 4.78 is 0. The molecule has 0 saturated carbocycles. The zero-order valence-corrected chi connectivity index (χ0v) is 13.0. The van der Waals surface area contributed by atoms with Gasteiger partial charge in [0.05, 0.1) is 5.39 Å². The Bertz CT molecular complexity index is 720. The van der Waals surface area contributed by atoms with Gasteiger partial charge in [-0.05, 0) is 36.8 Å². The third-order valence-corrected chi connectivity index (χ3v) is 4.57. The minimum absolute atomic E-state index is 0.781. The lowest BCUT2D eigenvalue weighted by molar-refractivity contribution is 1.15. The maximum Gasteiger partial charge on any atom is 0.163 e. The molecule has 3 aromatic rings. The summed E-state index contributed by atoms with van der Waals surface area (Å²) in [5.74, 6) is 1.70. The Labute approximate surface area is 126 Å². The molecular formula is C15H15N3S2. The second-order valence-corrected chi connectivity index (χ2v) is 6.07. The fourth-order valence-electron chi connectivity index (χ4n) is 2.03. The molecule has 0 spiro atoms. The molecule has 1 aromatic carbocycles. The van der Waals surface area contributed by atoms with Crippen molar-refractivity contribution >= 4 is 39.1 Å². The van der Waals surface area contributed by atoms with Crippen LogP contribution in [0.5, 0.6) is 0 Å². The van der Waals surface area contributed by atoms with Crippen molar-refractivity contribution in [1.29, 1.82) is 0 Å². The van der Waals surface area contributed by atoms with E-state index in [2.05, 4.69) is 64.2 Å². The van der Waals surface area contributed by atoms with Crippen LogP contribution in [0.4, 0.5) is 5.82 Å². The Kier molecular flexibility index (Phi) is 3.89. The van der Waals surface area contributed by atoms with Gasteiger partial charge in [-0.2, -0.15) is 0 Å². The minimum atomic E-state index is 0.781. The lowest BCUT2D eigenvalue weighted by Gasteiger charge is -2.07.